The third-order valence-corrected chi connectivity index (χ3v) is 2.02. The molecule has 1 atom stereocenters. The van der Waals surface area contributed by atoms with Gasteiger partial charge >= 0.3 is 0 Å². The summed E-state index contributed by atoms with van der Waals surface area (Å²) in [7, 11) is 2.13. The summed E-state index contributed by atoms with van der Waals surface area (Å²) < 4.78 is 5.31. The van der Waals surface area contributed by atoms with Gasteiger partial charge in [0.2, 0.25) is 0 Å². The predicted molar refractivity (Wildman–Crippen MR) is 40.9 cm³/mol. The third kappa shape index (κ3) is 1.94. The minimum Gasteiger partial charge on any atom is -0.378 e. The van der Waals surface area contributed by atoms with Gasteiger partial charge in [-0.25, -0.2) is 0 Å². The number of nitrogens with zero attached hydrogens (tertiary/aromatic N) is 1. The van der Waals surface area contributed by atoms with E-state index in [1.54, 1.807) is 0 Å². The van der Waals surface area contributed by atoms with Gasteiger partial charge in [-0.05, 0) is 20.0 Å². The van der Waals surface area contributed by atoms with Crippen LogP contribution in [0.5, 0.6) is 0 Å². The van der Waals surface area contributed by atoms with E-state index >= 15 is 0 Å². The molecule has 0 amide bonds. The molecule has 1 aliphatic heterocycles. The number of morpholine rings is 1. The molecule has 0 spiro atoms. The zero-order chi connectivity index (χ0) is 7.40. The van der Waals surface area contributed by atoms with Crippen molar-refractivity contribution in [2.75, 3.05) is 33.4 Å². The highest BCUT2D eigenvalue weighted by atomic mass is 16.5. The van der Waals surface area contributed by atoms with Crippen molar-refractivity contribution in [1.29, 1.82) is 0 Å². The minimum absolute atomic E-state index is 0.554. The Morgan fingerprint density at radius 2 is 2.50 bits per heavy atom. The lowest BCUT2D eigenvalue weighted by Gasteiger charge is -2.31. The first-order chi connectivity index (χ1) is 4.84. The SMILES string of the molecule is CN1CCOC[C@@H]1CCN. The molecule has 10 heavy (non-hydrogen) atoms. The van der Waals surface area contributed by atoms with E-state index < -0.39 is 0 Å². The molecule has 0 radical (unpaired) electrons. The van der Waals surface area contributed by atoms with Crippen LogP contribution in [-0.2, 0) is 4.74 Å². The molecule has 1 aliphatic rings. The van der Waals surface area contributed by atoms with Gasteiger partial charge in [-0.3, -0.25) is 4.90 Å². The Morgan fingerprint density at radius 1 is 1.70 bits per heavy atom. The number of ether oxygens (including phenoxy) is 1. The molecule has 0 aromatic carbocycles. The van der Waals surface area contributed by atoms with Crippen molar-refractivity contribution in [3.63, 3.8) is 0 Å². The van der Waals surface area contributed by atoms with Crippen molar-refractivity contribution in [3.8, 4) is 0 Å². The van der Waals surface area contributed by atoms with E-state index in [9.17, 15) is 0 Å². The van der Waals surface area contributed by atoms with E-state index in [1.165, 1.54) is 0 Å². The topological polar surface area (TPSA) is 38.5 Å². The Morgan fingerprint density at radius 3 is 3.10 bits per heavy atom. The molecule has 1 saturated heterocycles. The van der Waals surface area contributed by atoms with E-state index in [4.69, 9.17) is 10.5 Å². The summed E-state index contributed by atoms with van der Waals surface area (Å²) in [5, 5.41) is 0. The fourth-order valence-electron chi connectivity index (χ4n) is 1.23. The molecule has 1 heterocycles. The van der Waals surface area contributed by atoms with Gasteiger partial charge in [-0.1, -0.05) is 0 Å². The fourth-order valence-corrected chi connectivity index (χ4v) is 1.23. The Hall–Kier alpha value is -0.120. The lowest BCUT2D eigenvalue weighted by Crippen LogP contribution is -2.43. The summed E-state index contributed by atoms with van der Waals surface area (Å²) in [6.07, 6.45) is 1.05. The summed E-state index contributed by atoms with van der Waals surface area (Å²) in [5.74, 6) is 0. The summed E-state index contributed by atoms with van der Waals surface area (Å²) in [6.45, 7) is 3.54. The van der Waals surface area contributed by atoms with E-state index in [-0.39, 0.29) is 0 Å². The van der Waals surface area contributed by atoms with Crippen LogP contribution in [0.25, 0.3) is 0 Å². The van der Waals surface area contributed by atoms with Crippen LogP contribution in [0.15, 0.2) is 0 Å². The molecule has 2 N–H and O–H groups in total. The van der Waals surface area contributed by atoms with Gasteiger partial charge in [0.1, 0.15) is 0 Å². The van der Waals surface area contributed by atoms with Gasteiger partial charge in [0, 0.05) is 12.6 Å². The second kappa shape index (κ2) is 3.91. The number of rotatable bonds is 2. The van der Waals surface area contributed by atoms with Crippen molar-refractivity contribution < 1.29 is 4.74 Å². The van der Waals surface area contributed by atoms with Gasteiger partial charge in [0.15, 0.2) is 0 Å². The molecule has 0 aromatic rings. The first-order valence-electron chi connectivity index (χ1n) is 3.82. The predicted octanol–water partition coefficient (Wildman–Crippen LogP) is -0.334. The highest BCUT2D eigenvalue weighted by Gasteiger charge is 2.17. The van der Waals surface area contributed by atoms with Gasteiger partial charge in [-0.15, -0.1) is 0 Å². The van der Waals surface area contributed by atoms with Crippen LogP contribution in [0.2, 0.25) is 0 Å². The Balaban J connectivity index is 2.25. The standard InChI is InChI=1S/C7H16N2O/c1-9-4-5-10-6-7(9)2-3-8/h7H,2-6,8H2,1H3/t7-/m0/s1. The van der Waals surface area contributed by atoms with Gasteiger partial charge in [0.25, 0.3) is 0 Å². The molecule has 0 aromatic heterocycles. The van der Waals surface area contributed by atoms with Crippen LogP contribution >= 0.6 is 0 Å². The summed E-state index contributed by atoms with van der Waals surface area (Å²) in [6, 6.07) is 0.554. The average Bonchev–Trinajstić information content (AvgIpc) is 1.94. The molecule has 3 nitrogen and oxygen atoms in total. The van der Waals surface area contributed by atoms with E-state index in [0.717, 1.165) is 32.7 Å². The molecule has 0 aliphatic carbocycles. The van der Waals surface area contributed by atoms with Gasteiger partial charge in [0.05, 0.1) is 13.2 Å². The molecule has 0 saturated carbocycles. The van der Waals surface area contributed by atoms with Gasteiger partial charge < -0.3 is 10.5 Å². The normalized spacial score (nSPS) is 28.8. The van der Waals surface area contributed by atoms with Crippen LogP contribution in [0.1, 0.15) is 6.42 Å². The van der Waals surface area contributed by atoms with Crippen LogP contribution in [0.3, 0.4) is 0 Å². The van der Waals surface area contributed by atoms with E-state index in [0.29, 0.717) is 6.04 Å². The molecular formula is C7H16N2O. The second-order valence-electron chi connectivity index (χ2n) is 2.79. The lowest BCUT2D eigenvalue weighted by molar-refractivity contribution is 0.00390. The van der Waals surface area contributed by atoms with Crippen LogP contribution < -0.4 is 5.73 Å². The van der Waals surface area contributed by atoms with Crippen molar-refractivity contribution in [3.05, 3.63) is 0 Å². The molecule has 1 fully saturated rings. The molecule has 60 valence electrons. The van der Waals surface area contributed by atoms with Gasteiger partial charge in [-0.2, -0.15) is 0 Å². The first kappa shape index (κ1) is 7.98. The quantitative estimate of drug-likeness (QED) is 0.576. The van der Waals surface area contributed by atoms with E-state index in [2.05, 4.69) is 11.9 Å². The third-order valence-electron chi connectivity index (χ3n) is 2.02. The van der Waals surface area contributed by atoms with Crippen LogP contribution in [-0.4, -0.2) is 44.3 Å². The lowest BCUT2D eigenvalue weighted by atomic mass is 10.2. The van der Waals surface area contributed by atoms with Crippen molar-refractivity contribution in [2.24, 2.45) is 5.73 Å². The second-order valence-corrected chi connectivity index (χ2v) is 2.79. The summed E-state index contributed by atoms with van der Waals surface area (Å²) >= 11 is 0. The minimum atomic E-state index is 0.554. The zero-order valence-corrected chi connectivity index (χ0v) is 6.55. The average molecular weight is 144 g/mol. The highest BCUT2D eigenvalue weighted by Crippen LogP contribution is 2.05. The van der Waals surface area contributed by atoms with Crippen LogP contribution in [0, 0.1) is 0 Å². The molecule has 0 bridgehead atoms. The smallest absolute Gasteiger partial charge is 0.0622 e. The number of nitrogens with two attached hydrogens (primary N) is 1. The summed E-state index contributed by atoms with van der Waals surface area (Å²) in [4.78, 5) is 2.32. The molecular weight excluding hydrogens is 128 g/mol. The van der Waals surface area contributed by atoms with Crippen molar-refractivity contribution in [2.45, 2.75) is 12.5 Å². The van der Waals surface area contributed by atoms with Crippen molar-refractivity contribution in [1.82, 2.24) is 4.90 Å². The molecule has 3 heteroatoms. The largest absolute Gasteiger partial charge is 0.378 e. The Kier molecular flexibility index (Phi) is 3.12. The molecule has 0 unspecified atom stereocenters. The highest BCUT2D eigenvalue weighted by molar-refractivity contribution is 4.71. The van der Waals surface area contributed by atoms with Crippen molar-refractivity contribution >= 4 is 0 Å². The Bertz CT molecular complexity index is 95.6. The Labute approximate surface area is 62.1 Å². The number of hydrogen-bond acceptors (Lipinski definition) is 3. The van der Waals surface area contributed by atoms with Crippen LogP contribution in [0.4, 0.5) is 0 Å². The fraction of sp³-hybridized carbons (Fsp3) is 1.00. The maximum atomic E-state index is 5.44. The number of likely N-dealkylation sites (N-methyl/N-ethyl adjacent to an activating group) is 1. The zero-order valence-electron chi connectivity index (χ0n) is 6.55. The maximum absolute atomic E-state index is 5.44. The van der Waals surface area contributed by atoms with E-state index in [1.807, 2.05) is 0 Å². The maximum Gasteiger partial charge on any atom is 0.0622 e. The monoisotopic (exact) mass is 144 g/mol. The summed E-state index contributed by atoms with van der Waals surface area (Å²) in [5.41, 5.74) is 5.44. The molecule has 1 rings (SSSR count). The number of hydrogen-bond donors (Lipinski definition) is 1. The first-order valence-corrected chi connectivity index (χ1v) is 3.82.